The van der Waals surface area contributed by atoms with Crippen LogP contribution in [0.2, 0.25) is 0 Å². The van der Waals surface area contributed by atoms with Crippen LogP contribution in [0.25, 0.3) is 10.9 Å². The number of aromatic amines is 1. The van der Waals surface area contributed by atoms with Gasteiger partial charge in [0.2, 0.25) is 0 Å². The van der Waals surface area contributed by atoms with E-state index in [2.05, 4.69) is 43.3 Å². The van der Waals surface area contributed by atoms with Crippen molar-refractivity contribution in [1.82, 2.24) is 30.1 Å². The van der Waals surface area contributed by atoms with Gasteiger partial charge in [-0.05, 0) is 72.5 Å². The molecule has 3 heterocycles. The van der Waals surface area contributed by atoms with Gasteiger partial charge in [0.05, 0.1) is 11.7 Å². The highest BCUT2D eigenvalue weighted by molar-refractivity contribution is 5.83. The fourth-order valence-electron chi connectivity index (χ4n) is 6.11. The third-order valence-electron chi connectivity index (χ3n) is 7.94. The molecule has 0 radical (unpaired) electrons. The van der Waals surface area contributed by atoms with Crippen LogP contribution in [0.5, 0.6) is 0 Å². The quantitative estimate of drug-likeness (QED) is 0.439. The molecule has 1 saturated heterocycles. The number of H-pyrrole nitrogens is 1. The zero-order valence-electron chi connectivity index (χ0n) is 21.3. The zero-order chi connectivity index (χ0) is 25.5. The number of para-hydroxylation sites is 1. The SMILES string of the molecule is Cc1cc(C)c2cc([C@@H](c3nnnn3C3CCCC3)N3CCN(c4ccccc4F)CC3)c(=O)[nH]c2c1. The lowest BCUT2D eigenvalue weighted by atomic mass is 9.99. The van der Waals surface area contributed by atoms with Gasteiger partial charge in [-0.25, -0.2) is 9.07 Å². The monoisotopic (exact) mass is 501 g/mol. The van der Waals surface area contributed by atoms with Gasteiger partial charge in [-0.2, -0.15) is 0 Å². The number of fused-ring (bicyclic) bond motifs is 1. The number of hydrogen-bond donors (Lipinski definition) is 1. The molecule has 1 N–H and O–H groups in total. The number of nitrogens with one attached hydrogen (secondary N) is 1. The Balaban J connectivity index is 1.41. The van der Waals surface area contributed by atoms with Gasteiger partial charge in [-0.15, -0.1) is 5.10 Å². The molecule has 37 heavy (non-hydrogen) atoms. The summed E-state index contributed by atoms with van der Waals surface area (Å²) in [5.41, 5.74) is 4.20. The number of rotatable bonds is 5. The third kappa shape index (κ3) is 4.41. The Bertz CT molecular complexity index is 1480. The average molecular weight is 502 g/mol. The maximum Gasteiger partial charge on any atom is 0.253 e. The summed E-state index contributed by atoms with van der Waals surface area (Å²) >= 11 is 0. The van der Waals surface area contributed by atoms with Crippen molar-refractivity contribution < 1.29 is 4.39 Å². The van der Waals surface area contributed by atoms with Crippen molar-refractivity contribution in [2.24, 2.45) is 0 Å². The molecule has 1 aliphatic heterocycles. The first-order valence-electron chi connectivity index (χ1n) is 13.1. The number of pyridine rings is 1. The number of benzene rings is 2. The van der Waals surface area contributed by atoms with E-state index in [1.54, 1.807) is 6.07 Å². The van der Waals surface area contributed by atoms with Crippen LogP contribution in [0.15, 0.2) is 47.3 Å². The number of aryl methyl sites for hydroxylation is 2. The van der Waals surface area contributed by atoms with Crippen LogP contribution in [0, 0.1) is 19.7 Å². The largest absolute Gasteiger partial charge is 0.367 e. The molecule has 192 valence electrons. The number of aromatic nitrogens is 5. The first kappa shape index (κ1) is 23.8. The summed E-state index contributed by atoms with van der Waals surface area (Å²) in [6.45, 7) is 6.70. The van der Waals surface area contributed by atoms with Crippen LogP contribution in [-0.2, 0) is 0 Å². The topological polar surface area (TPSA) is 82.9 Å². The second kappa shape index (κ2) is 9.70. The molecule has 2 aromatic carbocycles. The Morgan fingerprint density at radius 2 is 1.78 bits per heavy atom. The Labute approximate surface area is 215 Å². The van der Waals surface area contributed by atoms with E-state index in [0.717, 1.165) is 47.7 Å². The molecule has 8 nitrogen and oxygen atoms in total. The van der Waals surface area contributed by atoms with Gasteiger partial charge in [0.1, 0.15) is 11.9 Å². The van der Waals surface area contributed by atoms with E-state index in [1.807, 2.05) is 35.9 Å². The molecule has 4 aromatic rings. The molecule has 0 amide bonds. The Hall–Kier alpha value is -3.59. The standard InChI is InChI=1S/C28H32FN7O/c1-18-15-19(2)21-17-22(28(37)30-24(21)16-18)26(27-31-32-33-36(27)20-7-3-4-8-20)35-13-11-34(12-14-35)25-10-6-5-9-23(25)29/h5-6,9-10,15-17,20,26H,3-4,7-8,11-14H2,1-2H3,(H,30,37)/t26-/m0/s1. The van der Waals surface area contributed by atoms with E-state index in [4.69, 9.17) is 0 Å². The van der Waals surface area contributed by atoms with Crippen LogP contribution in [0.1, 0.15) is 60.3 Å². The van der Waals surface area contributed by atoms with Crippen molar-refractivity contribution >= 4 is 16.6 Å². The second-order valence-electron chi connectivity index (χ2n) is 10.4. The van der Waals surface area contributed by atoms with Crippen molar-refractivity contribution in [1.29, 1.82) is 0 Å². The van der Waals surface area contributed by atoms with Gasteiger partial charge in [0, 0.05) is 42.6 Å². The number of tetrazole rings is 1. The van der Waals surface area contributed by atoms with Crippen molar-refractivity contribution in [3.05, 3.63) is 81.2 Å². The number of nitrogens with zero attached hydrogens (tertiary/aromatic N) is 6. The molecule has 6 rings (SSSR count). The van der Waals surface area contributed by atoms with E-state index in [1.165, 1.54) is 6.07 Å². The Morgan fingerprint density at radius 1 is 1.03 bits per heavy atom. The van der Waals surface area contributed by atoms with Crippen molar-refractivity contribution in [2.75, 3.05) is 31.1 Å². The lowest BCUT2D eigenvalue weighted by Gasteiger charge is -2.39. The van der Waals surface area contributed by atoms with Crippen molar-refractivity contribution in [3.63, 3.8) is 0 Å². The average Bonchev–Trinajstić information content (AvgIpc) is 3.58. The summed E-state index contributed by atoms with van der Waals surface area (Å²) in [6.07, 6.45) is 4.40. The fourth-order valence-corrected chi connectivity index (χ4v) is 6.11. The zero-order valence-corrected chi connectivity index (χ0v) is 21.3. The van der Waals surface area contributed by atoms with Gasteiger partial charge in [-0.3, -0.25) is 9.69 Å². The van der Waals surface area contributed by atoms with Crippen LogP contribution < -0.4 is 10.5 Å². The summed E-state index contributed by atoms with van der Waals surface area (Å²) in [6, 6.07) is 12.9. The number of hydrogen-bond acceptors (Lipinski definition) is 6. The van der Waals surface area contributed by atoms with E-state index in [9.17, 15) is 9.18 Å². The van der Waals surface area contributed by atoms with Gasteiger partial charge in [0.25, 0.3) is 5.56 Å². The molecule has 0 unspecified atom stereocenters. The van der Waals surface area contributed by atoms with E-state index >= 15 is 0 Å². The maximum absolute atomic E-state index is 14.5. The molecule has 0 spiro atoms. The summed E-state index contributed by atoms with van der Waals surface area (Å²) in [7, 11) is 0. The molecule has 2 aliphatic rings. The lowest BCUT2D eigenvalue weighted by molar-refractivity contribution is 0.196. The molecule has 9 heteroatoms. The van der Waals surface area contributed by atoms with Gasteiger partial charge in [-0.1, -0.05) is 31.0 Å². The third-order valence-corrected chi connectivity index (χ3v) is 7.94. The molecular formula is C28H32FN7O. The van der Waals surface area contributed by atoms with E-state index < -0.39 is 6.04 Å². The number of piperazine rings is 1. The summed E-state index contributed by atoms with van der Waals surface area (Å²) in [5, 5.41) is 14.0. The molecule has 1 aliphatic carbocycles. The van der Waals surface area contributed by atoms with Crippen LogP contribution >= 0.6 is 0 Å². The summed E-state index contributed by atoms with van der Waals surface area (Å²) in [4.78, 5) is 21.1. The van der Waals surface area contributed by atoms with Crippen LogP contribution in [0.4, 0.5) is 10.1 Å². The molecule has 2 fully saturated rings. The van der Waals surface area contributed by atoms with Crippen LogP contribution in [0.3, 0.4) is 0 Å². The highest BCUT2D eigenvalue weighted by Gasteiger charge is 2.35. The Kier molecular flexibility index (Phi) is 6.24. The Morgan fingerprint density at radius 3 is 2.54 bits per heavy atom. The minimum atomic E-state index is -0.396. The number of anilines is 1. The first-order valence-corrected chi connectivity index (χ1v) is 13.1. The minimum Gasteiger partial charge on any atom is -0.367 e. The predicted molar refractivity (Wildman–Crippen MR) is 141 cm³/mol. The smallest absolute Gasteiger partial charge is 0.253 e. The van der Waals surface area contributed by atoms with Gasteiger partial charge in [0.15, 0.2) is 5.82 Å². The molecule has 2 aromatic heterocycles. The van der Waals surface area contributed by atoms with Crippen molar-refractivity contribution in [3.8, 4) is 0 Å². The number of halogens is 1. The highest BCUT2D eigenvalue weighted by atomic mass is 19.1. The highest BCUT2D eigenvalue weighted by Crippen LogP contribution is 2.35. The van der Waals surface area contributed by atoms with E-state index in [0.29, 0.717) is 43.3 Å². The normalized spacial score (nSPS) is 18.1. The van der Waals surface area contributed by atoms with E-state index in [-0.39, 0.29) is 17.4 Å². The molecule has 0 bridgehead atoms. The minimum absolute atomic E-state index is 0.125. The molecular weight excluding hydrogens is 469 g/mol. The second-order valence-corrected chi connectivity index (χ2v) is 10.4. The fraction of sp³-hybridized carbons (Fsp3) is 0.429. The predicted octanol–water partition coefficient (Wildman–Crippen LogP) is 4.30. The summed E-state index contributed by atoms with van der Waals surface area (Å²) in [5.74, 6) is 0.496. The molecule has 1 saturated carbocycles. The summed E-state index contributed by atoms with van der Waals surface area (Å²) < 4.78 is 16.4. The van der Waals surface area contributed by atoms with Crippen LogP contribution in [-0.4, -0.2) is 56.3 Å². The van der Waals surface area contributed by atoms with Crippen molar-refractivity contribution in [2.45, 2.75) is 51.6 Å². The van der Waals surface area contributed by atoms with Gasteiger partial charge < -0.3 is 9.88 Å². The van der Waals surface area contributed by atoms with Gasteiger partial charge >= 0.3 is 0 Å². The maximum atomic E-state index is 14.5. The lowest BCUT2D eigenvalue weighted by Crippen LogP contribution is -2.49. The first-order chi connectivity index (χ1) is 18.0. The molecule has 1 atom stereocenters.